The van der Waals surface area contributed by atoms with Crippen molar-refractivity contribution in [1.82, 2.24) is 0 Å². The molecule has 0 aromatic heterocycles. The third kappa shape index (κ3) is 5.43. The Bertz CT molecular complexity index is 500. The van der Waals surface area contributed by atoms with Crippen molar-refractivity contribution in [3.05, 3.63) is 24.3 Å². The lowest BCUT2D eigenvalue weighted by Gasteiger charge is -2.50. The molecule has 2 aliphatic heterocycles. The maximum absolute atomic E-state index is 10.5. The molecule has 2 aliphatic carbocycles. The van der Waals surface area contributed by atoms with Gasteiger partial charge in [0.1, 0.15) is 0 Å². The second kappa shape index (κ2) is 9.70. The third-order valence-electron chi connectivity index (χ3n) is 6.45. The number of hydrogen-bond acceptors (Lipinski definition) is 3. The Morgan fingerprint density at radius 2 is 1.92 bits per heavy atom. The first-order valence-corrected chi connectivity index (χ1v) is 10.5. The fourth-order valence-electron chi connectivity index (χ4n) is 4.86. The second-order valence-electron chi connectivity index (χ2n) is 8.36. The largest absolute Gasteiger partial charge is 0.481 e. The fraction of sp³-hybridized carbons (Fsp3) is 0.773. The quantitative estimate of drug-likeness (QED) is 0.469. The van der Waals surface area contributed by atoms with E-state index in [0.717, 1.165) is 32.1 Å². The van der Waals surface area contributed by atoms with E-state index in [9.17, 15) is 9.90 Å². The number of unbranched alkanes of at least 4 members (excludes halogenated alkanes) is 1. The lowest BCUT2D eigenvalue weighted by Crippen LogP contribution is -2.51. The summed E-state index contributed by atoms with van der Waals surface area (Å²) >= 11 is 0. The van der Waals surface area contributed by atoms with E-state index in [2.05, 4.69) is 24.3 Å². The van der Waals surface area contributed by atoms with Gasteiger partial charge in [0.05, 0.1) is 18.3 Å². The Morgan fingerprint density at radius 1 is 1.15 bits per heavy atom. The molecule has 146 valence electrons. The van der Waals surface area contributed by atoms with Crippen molar-refractivity contribution in [2.45, 2.75) is 88.9 Å². The molecule has 2 saturated carbocycles. The molecule has 4 rings (SSSR count). The summed E-state index contributed by atoms with van der Waals surface area (Å²) in [4.78, 5) is 10.5. The Morgan fingerprint density at radius 3 is 2.65 bits per heavy atom. The summed E-state index contributed by atoms with van der Waals surface area (Å²) in [6.45, 7) is 0. The highest BCUT2D eigenvalue weighted by atomic mass is 16.5. The van der Waals surface area contributed by atoms with Crippen molar-refractivity contribution < 1.29 is 19.7 Å². The zero-order valence-electron chi connectivity index (χ0n) is 15.8. The van der Waals surface area contributed by atoms with Crippen molar-refractivity contribution in [3.63, 3.8) is 0 Å². The SMILES string of the molecule is O=C(O)CCC/C=C/CC1C(/C=C/C(O)C2CCCCC2)CC2CC1O2. The molecular formula is C22H34O4. The van der Waals surface area contributed by atoms with E-state index in [1.807, 2.05) is 0 Å². The lowest BCUT2D eigenvalue weighted by atomic mass is 9.70. The summed E-state index contributed by atoms with van der Waals surface area (Å²) in [6, 6.07) is 0. The van der Waals surface area contributed by atoms with Crippen LogP contribution in [0.15, 0.2) is 24.3 Å². The zero-order chi connectivity index (χ0) is 18.4. The minimum absolute atomic E-state index is 0.242. The van der Waals surface area contributed by atoms with Gasteiger partial charge in [0.15, 0.2) is 0 Å². The predicted molar refractivity (Wildman–Crippen MR) is 102 cm³/mol. The van der Waals surface area contributed by atoms with Crippen LogP contribution in [0.25, 0.3) is 0 Å². The van der Waals surface area contributed by atoms with Gasteiger partial charge in [0.25, 0.3) is 0 Å². The number of fused-ring (bicyclic) bond motifs is 2. The van der Waals surface area contributed by atoms with Gasteiger partial charge in [-0.05, 0) is 56.3 Å². The summed E-state index contributed by atoms with van der Waals surface area (Å²) in [5, 5.41) is 19.2. The number of rotatable bonds is 9. The predicted octanol–water partition coefficient (Wildman–Crippen LogP) is 4.48. The van der Waals surface area contributed by atoms with Crippen LogP contribution in [0.3, 0.4) is 0 Å². The van der Waals surface area contributed by atoms with Crippen LogP contribution in [0.4, 0.5) is 0 Å². The number of carbonyl (C=O) groups is 1. The molecule has 2 bridgehead atoms. The minimum atomic E-state index is -0.721. The van der Waals surface area contributed by atoms with E-state index in [1.54, 1.807) is 0 Å². The second-order valence-corrected chi connectivity index (χ2v) is 8.36. The first kappa shape index (κ1) is 19.6. The average molecular weight is 363 g/mol. The van der Waals surface area contributed by atoms with Crippen LogP contribution in [0.5, 0.6) is 0 Å². The van der Waals surface area contributed by atoms with Crippen LogP contribution in [-0.2, 0) is 9.53 Å². The standard InChI is InChI=1S/C22H34O4/c23-20(16-8-4-3-5-9-16)13-12-17-14-18-15-21(26-18)19(17)10-6-1-2-7-11-22(24)25/h1,6,12-13,16-21,23H,2-5,7-11,14-15H2,(H,24,25)/b6-1+,13-12+. The number of aliphatic hydroxyl groups is 1. The van der Waals surface area contributed by atoms with Crippen LogP contribution >= 0.6 is 0 Å². The molecule has 0 spiro atoms. The highest BCUT2D eigenvalue weighted by Gasteiger charge is 2.45. The summed E-state index contributed by atoms with van der Waals surface area (Å²) in [6.07, 6.45) is 20.3. The Labute approximate surface area is 157 Å². The van der Waals surface area contributed by atoms with E-state index in [1.165, 1.54) is 25.7 Å². The highest BCUT2D eigenvalue weighted by molar-refractivity contribution is 5.66. The van der Waals surface area contributed by atoms with Gasteiger partial charge in [-0.2, -0.15) is 0 Å². The summed E-state index contributed by atoms with van der Waals surface area (Å²) in [7, 11) is 0. The number of aliphatic hydroxyl groups excluding tert-OH is 1. The number of carboxylic acid groups (broad SMARTS) is 1. The minimum Gasteiger partial charge on any atom is -0.481 e. The van der Waals surface area contributed by atoms with Gasteiger partial charge in [-0.1, -0.05) is 43.6 Å². The van der Waals surface area contributed by atoms with E-state index in [4.69, 9.17) is 9.84 Å². The number of allylic oxidation sites excluding steroid dienone is 3. The molecule has 2 saturated heterocycles. The van der Waals surface area contributed by atoms with Crippen molar-refractivity contribution >= 4 is 5.97 Å². The smallest absolute Gasteiger partial charge is 0.303 e. The molecule has 5 atom stereocenters. The third-order valence-corrected chi connectivity index (χ3v) is 6.45. The van der Waals surface area contributed by atoms with Crippen molar-refractivity contribution in [1.29, 1.82) is 0 Å². The van der Waals surface area contributed by atoms with Gasteiger partial charge in [-0.25, -0.2) is 0 Å². The van der Waals surface area contributed by atoms with Gasteiger partial charge in [0, 0.05) is 12.8 Å². The van der Waals surface area contributed by atoms with E-state index in [0.29, 0.717) is 36.4 Å². The maximum Gasteiger partial charge on any atom is 0.303 e. The monoisotopic (exact) mass is 362 g/mol. The van der Waals surface area contributed by atoms with Gasteiger partial charge in [0.2, 0.25) is 0 Å². The molecule has 4 nitrogen and oxygen atoms in total. The summed E-state index contributed by atoms with van der Waals surface area (Å²) in [5.41, 5.74) is 0. The van der Waals surface area contributed by atoms with Crippen molar-refractivity contribution in [2.75, 3.05) is 0 Å². The van der Waals surface area contributed by atoms with Crippen LogP contribution in [0.1, 0.15) is 70.6 Å². The van der Waals surface area contributed by atoms with Gasteiger partial charge >= 0.3 is 5.97 Å². The molecule has 0 amide bonds. The van der Waals surface area contributed by atoms with E-state index < -0.39 is 5.97 Å². The van der Waals surface area contributed by atoms with Gasteiger partial charge in [-0.3, -0.25) is 4.79 Å². The first-order chi connectivity index (χ1) is 12.6. The van der Waals surface area contributed by atoms with Crippen LogP contribution < -0.4 is 0 Å². The molecule has 2 heterocycles. The molecule has 4 fully saturated rings. The zero-order valence-corrected chi connectivity index (χ0v) is 15.8. The average Bonchev–Trinajstić information content (AvgIpc) is 2.62. The number of hydrogen-bond donors (Lipinski definition) is 2. The van der Waals surface area contributed by atoms with Crippen LogP contribution in [0, 0.1) is 17.8 Å². The van der Waals surface area contributed by atoms with Crippen LogP contribution in [0.2, 0.25) is 0 Å². The Hall–Kier alpha value is -1.13. The number of carboxylic acids is 1. The molecule has 0 aromatic rings. The van der Waals surface area contributed by atoms with Crippen molar-refractivity contribution in [2.24, 2.45) is 17.8 Å². The molecule has 0 radical (unpaired) electrons. The molecule has 4 heteroatoms. The normalized spacial score (nSPS) is 33.4. The van der Waals surface area contributed by atoms with Gasteiger partial charge in [-0.15, -0.1) is 0 Å². The summed E-state index contributed by atoms with van der Waals surface area (Å²) in [5.74, 6) is 0.711. The maximum atomic E-state index is 10.5. The molecule has 5 unspecified atom stereocenters. The first-order valence-electron chi connectivity index (χ1n) is 10.5. The number of aliphatic carboxylic acids is 1. The molecule has 2 N–H and O–H groups in total. The molecule has 26 heavy (non-hydrogen) atoms. The summed E-state index contributed by atoms with van der Waals surface area (Å²) < 4.78 is 5.94. The fourth-order valence-corrected chi connectivity index (χ4v) is 4.86. The number of ether oxygens (including phenoxy) is 1. The molecule has 0 aromatic carbocycles. The Kier molecular flexibility index (Phi) is 7.32. The van der Waals surface area contributed by atoms with E-state index >= 15 is 0 Å². The molecule has 4 aliphatic rings. The van der Waals surface area contributed by atoms with E-state index in [-0.39, 0.29) is 12.5 Å². The highest BCUT2D eigenvalue weighted by Crippen LogP contribution is 2.45. The molecular weight excluding hydrogens is 328 g/mol. The topological polar surface area (TPSA) is 66.8 Å². The van der Waals surface area contributed by atoms with Gasteiger partial charge < -0.3 is 14.9 Å². The van der Waals surface area contributed by atoms with Crippen molar-refractivity contribution in [3.8, 4) is 0 Å². The Balaban J connectivity index is 1.47. The van der Waals surface area contributed by atoms with Crippen LogP contribution in [-0.4, -0.2) is 34.5 Å². The lowest BCUT2D eigenvalue weighted by molar-refractivity contribution is -0.198.